The number of rotatable bonds is 3. The summed E-state index contributed by atoms with van der Waals surface area (Å²) < 4.78 is 4.73. The zero-order chi connectivity index (χ0) is 29.4. The van der Waals surface area contributed by atoms with E-state index in [4.69, 9.17) is 21.6 Å². The highest BCUT2D eigenvalue weighted by Gasteiger charge is 2.24. The smallest absolute Gasteiger partial charge is 0.177 e. The van der Waals surface area contributed by atoms with Crippen LogP contribution >= 0.6 is 34.3 Å². The molecule has 0 fully saturated rings. The van der Waals surface area contributed by atoms with E-state index in [0.717, 1.165) is 31.7 Å². The molecule has 0 aliphatic rings. The average Bonchev–Trinajstić information content (AvgIpc) is 3.69. The fraction of sp³-hybridized carbons (Fsp3) is 0.0811. The highest BCUT2D eigenvalue weighted by atomic mass is 35.5. The highest BCUT2D eigenvalue weighted by molar-refractivity contribution is 7.27. The van der Waals surface area contributed by atoms with Crippen LogP contribution in [0, 0.1) is 0 Å². The molecule has 0 radical (unpaired) electrons. The van der Waals surface area contributed by atoms with Gasteiger partial charge < -0.3 is 0 Å². The van der Waals surface area contributed by atoms with Crippen molar-refractivity contribution in [3.8, 4) is 5.82 Å². The molecule has 0 saturated heterocycles. The second-order valence-corrected chi connectivity index (χ2v) is 13.0. The SMILES string of the molecule is C=Cc1c(/C=C\C)sc2nc(-n3c(=C/C)/c(=C\C)c4c5ccccc5c5c(sc6ccc7ccccc7c65)c43)c(Cl)nc12. The Hall–Kier alpha value is -4.29. The Morgan fingerprint density at radius 2 is 1.56 bits per heavy atom. The van der Waals surface area contributed by atoms with Gasteiger partial charge in [-0.3, -0.25) is 4.57 Å². The standard InChI is InChI=1S/C37H26ClN3S2/c1-5-13-27-22(7-3)32-37(43-27)40-36(35(38)39-32)41-26(8-4)21(6-2)29-24-16-11-12-17-25(24)31-30-23-15-10-9-14-20(23)18-19-28(30)42-34(31)33(29)41/h5-19H,3H2,1-2,4H3/b13-5-,21-6+,26-8+. The van der Waals surface area contributed by atoms with E-state index in [1.165, 1.54) is 52.3 Å². The van der Waals surface area contributed by atoms with Crippen molar-refractivity contribution in [2.75, 3.05) is 0 Å². The zero-order valence-corrected chi connectivity index (χ0v) is 26.3. The lowest BCUT2D eigenvalue weighted by atomic mass is 9.97. The van der Waals surface area contributed by atoms with Crippen LogP contribution in [0.5, 0.6) is 0 Å². The van der Waals surface area contributed by atoms with E-state index in [2.05, 4.69) is 104 Å². The molecule has 4 heterocycles. The van der Waals surface area contributed by atoms with Gasteiger partial charge in [0.1, 0.15) is 10.3 Å². The minimum Gasteiger partial charge on any atom is -0.290 e. The first kappa shape index (κ1) is 26.3. The first-order valence-corrected chi connectivity index (χ1v) is 16.3. The number of thiophene rings is 2. The van der Waals surface area contributed by atoms with Crippen LogP contribution in [0.2, 0.25) is 5.15 Å². The molecule has 43 heavy (non-hydrogen) atoms. The maximum Gasteiger partial charge on any atom is 0.177 e. The van der Waals surface area contributed by atoms with Gasteiger partial charge in [-0.2, -0.15) is 0 Å². The van der Waals surface area contributed by atoms with Gasteiger partial charge in [0.05, 0.1) is 15.6 Å². The summed E-state index contributed by atoms with van der Waals surface area (Å²) in [5, 5.41) is 11.4. The molecule has 0 aliphatic heterocycles. The van der Waals surface area contributed by atoms with Crippen molar-refractivity contribution in [1.29, 1.82) is 0 Å². The van der Waals surface area contributed by atoms with E-state index >= 15 is 0 Å². The van der Waals surface area contributed by atoms with Crippen LogP contribution in [-0.4, -0.2) is 14.5 Å². The molecule has 0 saturated carbocycles. The van der Waals surface area contributed by atoms with Gasteiger partial charge in [0, 0.05) is 36.5 Å². The Labute approximate surface area is 261 Å². The molecular weight excluding hydrogens is 586 g/mol. The topological polar surface area (TPSA) is 30.7 Å². The van der Waals surface area contributed by atoms with Crippen molar-refractivity contribution in [3.05, 3.63) is 99.5 Å². The number of halogens is 1. The van der Waals surface area contributed by atoms with Crippen LogP contribution in [0.1, 0.15) is 31.2 Å². The Kier molecular flexibility index (Phi) is 6.05. The normalized spacial score (nSPS) is 13.4. The molecule has 3 nitrogen and oxygen atoms in total. The maximum atomic E-state index is 7.10. The molecule has 4 aromatic carbocycles. The fourth-order valence-electron chi connectivity index (χ4n) is 6.63. The van der Waals surface area contributed by atoms with Gasteiger partial charge in [-0.15, -0.1) is 22.7 Å². The molecule has 8 rings (SSSR count). The summed E-state index contributed by atoms with van der Waals surface area (Å²) in [6.45, 7) is 10.2. The third kappa shape index (κ3) is 3.59. The number of aromatic nitrogens is 3. The van der Waals surface area contributed by atoms with Crippen molar-refractivity contribution >= 4 is 122 Å². The second-order valence-electron chi connectivity index (χ2n) is 10.5. The quantitative estimate of drug-likeness (QED) is 0.199. The van der Waals surface area contributed by atoms with E-state index in [1.54, 1.807) is 11.3 Å². The van der Waals surface area contributed by atoms with Crippen LogP contribution < -0.4 is 10.6 Å². The van der Waals surface area contributed by atoms with Crippen molar-refractivity contribution in [2.24, 2.45) is 0 Å². The monoisotopic (exact) mass is 611 g/mol. The summed E-state index contributed by atoms with van der Waals surface area (Å²) in [5.74, 6) is 0.642. The van der Waals surface area contributed by atoms with Crippen LogP contribution in [0.4, 0.5) is 0 Å². The Morgan fingerprint density at radius 1 is 0.814 bits per heavy atom. The predicted octanol–water partition coefficient (Wildman–Crippen LogP) is 10.2. The molecule has 4 aromatic heterocycles. The van der Waals surface area contributed by atoms with E-state index in [1.807, 2.05) is 30.4 Å². The van der Waals surface area contributed by atoms with Gasteiger partial charge in [0.25, 0.3) is 0 Å². The summed E-state index contributed by atoms with van der Waals surface area (Å²) >= 11 is 10.6. The lowest BCUT2D eigenvalue weighted by Crippen LogP contribution is -2.28. The summed E-state index contributed by atoms with van der Waals surface area (Å²) in [7, 11) is 0. The molecule has 8 aromatic rings. The first-order chi connectivity index (χ1) is 21.1. The minimum atomic E-state index is 0.371. The van der Waals surface area contributed by atoms with Crippen molar-refractivity contribution < 1.29 is 0 Å². The minimum absolute atomic E-state index is 0.371. The molecule has 0 aliphatic carbocycles. The molecule has 208 valence electrons. The summed E-state index contributed by atoms with van der Waals surface area (Å²) in [4.78, 5) is 12.1. The van der Waals surface area contributed by atoms with Gasteiger partial charge in [-0.25, -0.2) is 9.97 Å². The van der Waals surface area contributed by atoms with Gasteiger partial charge >= 0.3 is 0 Å². The van der Waals surface area contributed by atoms with Crippen LogP contribution in [-0.2, 0) is 0 Å². The predicted molar refractivity (Wildman–Crippen MR) is 191 cm³/mol. The van der Waals surface area contributed by atoms with E-state index < -0.39 is 0 Å². The Bertz CT molecular complexity index is 2630. The largest absolute Gasteiger partial charge is 0.290 e. The summed E-state index contributed by atoms with van der Waals surface area (Å²) in [6, 6.07) is 22.0. The Morgan fingerprint density at radius 3 is 2.28 bits per heavy atom. The third-order valence-electron chi connectivity index (χ3n) is 8.34. The lowest BCUT2D eigenvalue weighted by molar-refractivity contribution is 1.01. The van der Waals surface area contributed by atoms with Crippen LogP contribution in [0.15, 0.2) is 73.3 Å². The van der Waals surface area contributed by atoms with Crippen molar-refractivity contribution in [1.82, 2.24) is 14.5 Å². The van der Waals surface area contributed by atoms with Gasteiger partial charge in [-0.1, -0.05) is 97.1 Å². The van der Waals surface area contributed by atoms with Gasteiger partial charge in [-0.05, 0) is 54.5 Å². The number of benzene rings is 4. The number of allylic oxidation sites excluding steroid dienone is 1. The molecular formula is C37H26ClN3S2. The van der Waals surface area contributed by atoms with Crippen molar-refractivity contribution in [3.63, 3.8) is 0 Å². The molecule has 0 amide bonds. The van der Waals surface area contributed by atoms with Crippen molar-refractivity contribution in [2.45, 2.75) is 20.8 Å². The van der Waals surface area contributed by atoms with Crippen LogP contribution in [0.25, 0.3) is 93.1 Å². The molecule has 0 unspecified atom stereocenters. The third-order valence-corrected chi connectivity index (χ3v) is 10.8. The molecule has 6 heteroatoms. The lowest BCUT2D eigenvalue weighted by Gasteiger charge is -2.10. The van der Waals surface area contributed by atoms with E-state index in [0.29, 0.717) is 11.0 Å². The molecule has 0 atom stereocenters. The molecule has 0 spiro atoms. The highest BCUT2D eigenvalue weighted by Crippen LogP contribution is 2.46. The molecule has 0 bridgehead atoms. The summed E-state index contributed by atoms with van der Waals surface area (Å²) in [6.07, 6.45) is 10.3. The number of nitrogens with zero attached hydrogens (tertiary/aromatic N) is 3. The van der Waals surface area contributed by atoms with Gasteiger partial charge in [0.15, 0.2) is 11.0 Å². The van der Waals surface area contributed by atoms with E-state index in [9.17, 15) is 0 Å². The Balaban J connectivity index is 1.65. The fourth-order valence-corrected chi connectivity index (χ4v) is 9.21. The number of fused-ring (bicyclic) bond motifs is 11. The molecule has 0 N–H and O–H groups in total. The average molecular weight is 612 g/mol. The second kappa shape index (κ2) is 9.88. The van der Waals surface area contributed by atoms with Gasteiger partial charge in [0.2, 0.25) is 0 Å². The zero-order valence-electron chi connectivity index (χ0n) is 23.9. The summed E-state index contributed by atoms with van der Waals surface area (Å²) in [5.41, 5.74) is 2.86. The van der Waals surface area contributed by atoms with Crippen LogP contribution in [0.3, 0.4) is 0 Å². The number of hydrogen-bond donors (Lipinski definition) is 0. The maximum absolute atomic E-state index is 7.10. The van der Waals surface area contributed by atoms with E-state index in [-0.39, 0.29) is 0 Å². The first-order valence-electron chi connectivity index (χ1n) is 14.3. The number of hydrogen-bond acceptors (Lipinski definition) is 4.